The van der Waals surface area contributed by atoms with E-state index in [1.54, 1.807) is 11.1 Å². The van der Waals surface area contributed by atoms with Crippen molar-refractivity contribution in [3.8, 4) is 0 Å². The van der Waals surface area contributed by atoms with Crippen molar-refractivity contribution in [1.29, 1.82) is 0 Å². The van der Waals surface area contributed by atoms with Crippen LogP contribution in [0.3, 0.4) is 0 Å². The molecule has 3 atom stereocenters. The first-order valence-corrected chi connectivity index (χ1v) is 7.80. The zero-order valence-corrected chi connectivity index (χ0v) is 12.2. The molecule has 0 radical (unpaired) electrons. The largest absolute Gasteiger partial charge is 0.317 e. The van der Waals surface area contributed by atoms with Gasteiger partial charge in [0.05, 0.1) is 0 Å². The van der Waals surface area contributed by atoms with Crippen LogP contribution in [0.1, 0.15) is 49.8 Å². The Hall–Kier alpha value is -0.860. The monoisotopic (exact) mass is 258 g/mol. The Morgan fingerprint density at radius 3 is 2.84 bits per heavy atom. The minimum atomic E-state index is 0.665. The van der Waals surface area contributed by atoms with Gasteiger partial charge in [0, 0.05) is 24.7 Å². The molecule has 1 aromatic rings. The van der Waals surface area contributed by atoms with Gasteiger partial charge in [0.15, 0.2) is 0 Å². The number of rotatable bonds is 2. The third-order valence-corrected chi connectivity index (χ3v) is 5.07. The molecular weight excluding hydrogens is 232 g/mol. The molecule has 1 fully saturated rings. The number of hydrogen-bond donors (Lipinski definition) is 1. The van der Waals surface area contributed by atoms with Crippen molar-refractivity contribution in [3.63, 3.8) is 0 Å². The van der Waals surface area contributed by atoms with Gasteiger partial charge in [-0.15, -0.1) is 0 Å². The summed E-state index contributed by atoms with van der Waals surface area (Å²) in [5, 5.41) is 3.45. The highest BCUT2D eigenvalue weighted by molar-refractivity contribution is 5.32. The normalized spacial score (nSPS) is 32.0. The number of aryl methyl sites for hydroxylation is 1. The van der Waals surface area contributed by atoms with E-state index in [1.807, 2.05) is 0 Å². The van der Waals surface area contributed by atoms with E-state index in [0.29, 0.717) is 18.1 Å². The van der Waals surface area contributed by atoms with Gasteiger partial charge in [-0.05, 0) is 57.2 Å². The van der Waals surface area contributed by atoms with Crippen LogP contribution in [-0.4, -0.2) is 30.6 Å². The molecule has 2 heteroatoms. The van der Waals surface area contributed by atoms with E-state index in [9.17, 15) is 0 Å². The maximum Gasteiger partial charge on any atom is 0.0353 e. The predicted molar refractivity (Wildman–Crippen MR) is 80.4 cm³/mol. The molecule has 2 nitrogen and oxygen atoms in total. The smallest absolute Gasteiger partial charge is 0.0353 e. The molecule has 1 N–H and O–H groups in total. The zero-order chi connectivity index (χ0) is 13.2. The second-order valence-corrected chi connectivity index (χ2v) is 6.20. The molecule has 1 saturated heterocycles. The Kier molecular flexibility index (Phi) is 3.90. The highest BCUT2D eigenvalue weighted by Crippen LogP contribution is 2.37. The molecule has 0 amide bonds. The maximum absolute atomic E-state index is 3.45. The summed E-state index contributed by atoms with van der Waals surface area (Å²) in [7, 11) is 2.10. The third kappa shape index (κ3) is 2.56. The van der Waals surface area contributed by atoms with Crippen LogP contribution in [-0.2, 0) is 6.42 Å². The SMILES string of the molecule is CNC1CCN(C2CCCc3ccccc32)C(C)C1. The number of nitrogens with one attached hydrogen (secondary N) is 1. The first-order valence-electron chi connectivity index (χ1n) is 7.80. The average molecular weight is 258 g/mol. The lowest BCUT2D eigenvalue weighted by Crippen LogP contribution is -2.48. The van der Waals surface area contributed by atoms with E-state index in [4.69, 9.17) is 0 Å². The summed E-state index contributed by atoms with van der Waals surface area (Å²) in [6, 6.07) is 11.2. The Balaban J connectivity index is 1.80. The maximum atomic E-state index is 3.45. The van der Waals surface area contributed by atoms with Crippen LogP contribution < -0.4 is 5.32 Å². The van der Waals surface area contributed by atoms with Crippen molar-refractivity contribution in [2.24, 2.45) is 0 Å². The van der Waals surface area contributed by atoms with E-state index in [-0.39, 0.29) is 0 Å². The molecule has 0 aromatic heterocycles. The standard InChI is InChI=1S/C17H26N2/c1-13-12-15(18-2)10-11-19(13)17-9-5-7-14-6-3-4-8-16(14)17/h3-4,6,8,13,15,17-18H,5,7,9-12H2,1-2H3. The fourth-order valence-electron chi connectivity index (χ4n) is 3.99. The van der Waals surface area contributed by atoms with Crippen LogP contribution >= 0.6 is 0 Å². The lowest BCUT2D eigenvalue weighted by Gasteiger charge is -2.44. The molecule has 1 aromatic carbocycles. The van der Waals surface area contributed by atoms with Crippen LogP contribution in [0.5, 0.6) is 0 Å². The minimum Gasteiger partial charge on any atom is -0.317 e. The van der Waals surface area contributed by atoms with E-state index >= 15 is 0 Å². The average Bonchev–Trinajstić information content (AvgIpc) is 2.46. The van der Waals surface area contributed by atoms with Gasteiger partial charge >= 0.3 is 0 Å². The quantitative estimate of drug-likeness (QED) is 0.876. The first kappa shape index (κ1) is 13.1. The summed E-state index contributed by atoms with van der Waals surface area (Å²) < 4.78 is 0. The lowest BCUT2D eigenvalue weighted by molar-refractivity contribution is 0.0797. The molecule has 0 bridgehead atoms. The molecule has 1 aliphatic carbocycles. The lowest BCUT2D eigenvalue weighted by atomic mass is 9.84. The Bertz CT molecular complexity index is 429. The van der Waals surface area contributed by atoms with E-state index in [1.165, 1.54) is 38.6 Å². The minimum absolute atomic E-state index is 0.665. The summed E-state index contributed by atoms with van der Waals surface area (Å²) >= 11 is 0. The first-order chi connectivity index (χ1) is 9.29. The topological polar surface area (TPSA) is 15.3 Å². The van der Waals surface area contributed by atoms with Gasteiger partial charge in [-0.3, -0.25) is 4.90 Å². The van der Waals surface area contributed by atoms with Crippen molar-refractivity contribution in [3.05, 3.63) is 35.4 Å². The summed E-state index contributed by atoms with van der Waals surface area (Å²) in [5.41, 5.74) is 3.19. The van der Waals surface area contributed by atoms with Crippen molar-refractivity contribution >= 4 is 0 Å². The van der Waals surface area contributed by atoms with Crippen LogP contribution in [0, 0.1) is 0 Å². The summed E-state index contributed by atoms with van der Waals surface area (Å²) in [6.07, 6.45) is 6.54. The molecule has 19 heavy (non-hydrogen) atoms. The molecule has 2 aliphatic rings. The van der Waals surface area contributed by atoms with Crippen molar-refractivity contribution in [2.75, 3.05) is 13.6 Å². The van der Waals surface area contributed by atoms with Crippen LogP contribution in [0.4, 0.5) is 0 Å². The molecular formula is C17H26N2. The number of nitrogens with zero attached hydrogens (tertiary/aromatic N) is 1. The highest BCUT2D eigenvalue weighted by atomic mass is 15.2. The van der Waals surface area contributed by atoms with Gasteiger partial charge in [-0.2, -0.15) is 0 Å². The Labute approximate surface area is 117 Å². The van der Waals surface area contributed by atoms with E-state index < -0.39 is 0 Å². The summed E-state index contributed by atoms with van der Waals surface area (Å²) in [4.78, 5) is 2.76. The molecule has 104 valence electrons. The van der Waals surface area contributed by atoms with Gasteiger partial charge < -0.3 is 5.32 Å². The number of benzene rings is 1. The molecule has 0 spiro atoms. The van der Waals surface area contributed by atoms with Gasteiger partial charge in [-0.1, -0.05) is 24.3 Å². The summed E-state index contributed by atoms with van der Waals surface area (Å²) in [6.45, 7) is 3.65. The number of hydrogen-bond acceptors (Lipinski definition) is 2. The molecule has 3 unspecified atom stereocenters. The zero-order valence-electron chi connectivity index (χ0n) is 12.2. The van der Waals surface area contributed by atoms with Crippen LogP contribution in [0.2, 0.25) is 0 Å². The second-order valence-electron chi connectivity index (χ2n) is 6.20. The van der Waals surface area contributed by atoms with Gasteiger partial charge in [0.2, 0.25) is 0 Å². The molecule has 0 saturated carbocycles. The molecule has 1 heterocycles. The van der Waals surface area contributed by atoms with E-state index in [2.05, 4.69) is 48.5 Å². The van der Waals surface area contributed by atoms with Gasteiger partial charge in [0.25, 0.3) is 0 Å². The fraction of sp³-hybridized carbons (Fsp3) is 0.647. The van der Waals surface area contributed by atoms with Crippen LogP contribution in [0.25, 0.3) is 0 Å². The number of piperidine rings is 1. The third-order valence-electron chi connectivity index (χ3n) is 5.07. The second kappa shape index (κ2) is 5.64. The van der Waals surface area contributed by atoms with Crippen LogP contribution in [0.15, 0.2) is 24.3 Å². The fourth-order valence-corrected chi connectivity index (χ4v) is 3.99. The Morgan fingerprint density at radius 1 is 1.21 bits per heavy atom. The van der Waals surface area contributed by atoms with Crippen molar-refractivity contribution < 1.29 is 0 Å². The highest BCUT2D eigenvalue weighted by Gasteiger charge is 2.32. The molecule has 3 rings (SSSR count). The van der Waals surface area contributed by atoms with Crippen molar-refractivity contribution in [1.82, 2.24) is 10.2 Å². The molecule has 1 aliphatic heterocycles. The number of likely N-dealkylation sites (tertiary alicyclic amines) is 1. The summed E-state index contributed by atoms with van der Waals surface area (Å²) in [5.74, 6) is 0. The van der Waals surface area contributed by atoms with E-state index in [0.717, 1.165) is 0 Å². The Morgan fingerprint density at radius 2 is 2.05 bits per heavy atom. The number of fused-ring (bicyclic) bond motifs is 1. The van der Waals surface area contributed by atoms with Crippen molar-refractivity contribution in [2.45, 2.75) is 57.2 Å². The van der Waals surface area contributed by atoms with Gasteiger partial charge in [0.1, 0.15) is 0 Å². The predicted octanol–water partition coefficient (Wildman–Crippen LogP) is 3.14. The van der Waals surface area contributed by atoms with Gasteiger partial charge in [-0.25, -0.2) is 0 Å².